The van der Waals surface area contributed by atoms with Crippen LogP contribution in [-0.4, -0.2) is 21.1 Å². The Hall–Kier alpha value is -3.20. The van der Waals surface area contributed by atoms with Crippen LogP contribution < -0.4 is 10.3 Å². The van der Waals surface area contributed by atoms with Gasteiger partial charge in [0, 0.05) is 35.9 Å². The van der Waals surface area contributed by atoms with Crippen molar-refractivity contribution in [3.8, 4) is 28.1 Å². The molecule has 0 aliphatic rings. The molecule has 0 bridgehead atoms. The lowest BCUT2D eigenvalue weighted by atomic mass is 10.1. The zero-order valence-corrected chi connectivity index (χ0v) is 15.2. The first-order valence-electron chi connectivity index (χ1n) is 8.08. The van der Waals surface area contributed by atoms with Crippen LogP contribution >= 0.6 is 11.3 Å². The van der Waals surface area contributed by atoms with E-state index in [0.29, 0.717) is 21.3 Å². The van der Waals surface area contributed by atoms with Gasteiger partial charge in [-0.1, -0.05) is 12.1 Å². The number of hydrogen-bond donors (Lipinski definition) is 0. The molecular weight excluding hydrogens is 391 g/mol. The average Bonchev–Trinajstić information content (AvgIpc) is 3.09. The van der Waals surface area contributed by atoms with Gasteiger partial charge < -0.3 is 4.74 Å². The Kier molecular flexibility index (Phi) is 4.38. The number of ether oxygens (including phenoxy) is 1. The minimum Gasteiger partial charge on any atom is -0.406 e. The van der Waals surface area contributed by atoms with Gasteiger partial charge in [0.05, 0.1) is 10.1 Å². The molecule has 4 rings (SSSR count). The lowest BCUT2D eigenvalue weighted by Gasteiger charge is -2.11. The van der Waals surface area contributed by atoms with Crippen molar-refractivity contribution >= 4 is 21.4 Å². The minimum atomic E-state index is -4.79. The van der Waals surface area contributed by atoms with Crippen LogP contribution in [0, 0.1) is 0 Å². The van der Waals surface area contributed by atoms with E-state index in [2.05, 4.69) is 14.8 Å². The van der Waals surface area contributed by atoms with E-state index in [1.165, 1.54) is 41.3 Å². The van der Waals surface area contributed by atoms with Crippen LogP contribution in [0.5, 0.6) is 5.75 Å². The summed E-state index contributed by atoms with van der Waals surface area (Å²) in [5.74, 6) is -0.347. The summed E-state index contributed by atoms with van der Waals surface area (Å²) in [5.41, 5.74) is 2.11. The highest BCUT2D eigenvalue weighted by molar-refractivity contribution is 7.18. The highest BCUT2D eigenvalue weighted by atomic mass is 32.1. The van der Waals surface area contributed by atoms with Crippen molar-refractivity contribution in [3.63, 3.8) is 0 Å². The molecule has 3 aromatic heterocycles. The summed E-state index contributed by atoms with van der Waals surface area (Å²) in [6.07, 6.45) is -1.53. The fourth-order valence-electron chi connectivity index (χ4n) is 2.92. The maximum absolute atomic E-state index is 12.7. The highest BCUT2D eigenvalue weighted by Crippen LogP contribution is 2.37. The number of halogens is 3. The van der Waals surface area contributed by atoms with Gasteiger partial charge in [0.1, 0.15) is 11.4 Å². The van der Waals surface area contributed by atoms with E-state index < -0.39 is 6.36 Å². The number of fused-ring (bicyclic) bond motifs is 1. The van der Waals surface area contributed by atoms with Crippen molar-refractivity contribution in [3.05, 3.63) is 64.5 Å². The topological polar surface area (TPSA) is 57.0 Å². The summed E-state index contributed by atoms with van der Waals surface area (Å²) in [6.45, 7) is 0. The number of hydrogen-bond acceptors (Lipinski definition) is 5. The van der Waals surface area contributed by atoms with Gasteiger partial charge in [0.2, 0.25) is 0 Å². The Morgan fingerprint density at radius 2 is 1.86 bits per heavy atom. The number of nitrogens with zero attached hydrogens (tertiary/aromatic N) is 3. The molecule has 0 aliphatic carbocycles. The molecule has 0 radical (unpaired) electrons. The van der Waals surface area contributed by atoms with Crippen molar-refractivity contribution in [2.45, 2.75) is 6.36 Å². The number of thiophene rings is 1. The summed E-state index contributed by atoms with van der Waals surface area (Å²) >= 11 is 1.31. The molecule has 0 N–H and O–H groups in total. The zero-order valence-electron chi connectivity index (χ0n) is 14.4. The summed E-state index contributed by atoms with van der Waals surface area (Å²) < 4.78 is 43.4. The van der Waals surface area contributed by atoms with E-state index in [0.717, 1.165) is 11.1 Å². The second-order valence-electron chi connectivity index (χ2n) is 5.94. The Labute approximate surface area is 160 Å². The van der Waals surface area contributed by atoms with Gasteiger partial charge in [-0.2, -0.15) is 5.10 Å². The lowest BCUT2D eigenvalue weighted by molar-refractivity contribution is -0.274. The molecule has 142 valence electrons. The second kappa shape index (κ2) is 6.75. The number of aryl methyl sites for hydroxylation is 1. The second-order valence-corrected chi connectivity index (χ2v) is 6.82. The largest absolute Gasteiger partial charge is 0.573 e. The van der Waals surface area contributed by atoms with Gasteiger partial charge in [0.15, 0.2) is 0 Å². The summed E-state index contributed by atoms with van der Waals surface area (Å²) in [7, 11) is 1.51. The van der Waals surface area contributed by atoms with Gasteiger partial charge in [-0.3, -0.25) is 9.78 Å². The monoisotopic (exact) mass is 403 g/mol. The van der Waals surface area contributed by atoms with Crippen LogP contribution in [0.25, 0.3) is 32.5 Å². The van der Waals surface area contributed by atoms with Crippen molar-refractivity contribution in [1.82, 2.24) is 14.8 Å². The van der Waals surface area contributed by atoms with Crippen LogP contribution in [-0.2, 0) is 7.05 Å². The Morgan fingerprint density at radius 1 is 1.11 bits per heavy atom. The molecule has 3 heterocycles. The third kappa shape index (κ3) is 3.36. The molecule has 0 atom stereocenters. The lowest BCUT2D eigenvalue weighted by Crippen LogP contribution is -2.20. The van der Waals surface area contributed by atoms with Gasteiger partial charge in [-0.05, 0) is 29.8 Å². The highest BCUT2D eigenvalue weighted by Gasteiger charge is 2.31. The molecule has 5 nitrogen and oxygen atoms in total. The summed E-state index contributed by atoms with van der Waals surface area (Å²) in [6, 6.07) is 9.13. The zero-order chi connectivity index (χ0) is 19.9. The molecule has 0 fully saturated rings. The fourth-order valence-corrected chi connectivity index (χ4v) is 4.00. The van der Waals surface area contributed by atoms with Crippen LogP contribution in [0.2, 0.25) is 0 Å². The maximum Gasteiger partial charge on any atom is 0.573 e. The summed E-state index contributed by atoms with van der Waals surface area (Å²) in [5, 5.41) is 6.58. The minimum absolute atomic E-state index is 0.283. The third-order valence-corrected chi connectivity index (χ3v) is 5.08. The van der Waals surface area contributed by atoms with E-state index in [1.54, 1.807) is 30.6 Å². The SMILES string of the molecule is Cn1nc(-c2cccc(OC(F)(F)F)c2)c2scc(-c3ccncc3)c2c1=O. The van der Waals surface area contributed by atoms with Gasteiger partial charge in [0.25, 0.3) is 5.56 Å². The molecule has 0 spiro atoms. The van der Waals surface area contributed by atoms with Crippen molar-refractivity contribution in [2.75, 3.05) is 0 Å². The van der Waals surface area contributed by atoms with E-state index in [-0.39, 0.29) is 11.3 Å². The molecule has 9 heteroatoms. The van der Waals surface area contributed by atoms with Crippen LogP contribution in [0.3, 0.4) is 0 Å². The molecule has 0 saturated heterocycles. The number of rotatable bonds is 3. The first-order valence-corrected chi connectivity index (χ1v) is 8.96. The molecular formula is C19H12F3N3O2S. The predicted octanol–water partition coefficient (Wildman–Crippen LogP) is 4.62. The molecule has 4 aromatic rings. The molecule has 1 aromatic carbocycles. The van der Waals surface area contributed by atoms with E-state index in [9.17, 15) is 18.0 Å². The smallest absolute Gasteiger partial charge is 0.406 e. The Bertz CT molecular complexity index is 1220. The van der Waals surface area contributed by atoms with Crippen molar-refractivity contribution in [2.24, 2.45) is 7.05 Å². The number of pyridine rings is 1. The normalized spacial score (nSPS) is 11.7. The van der Waals surface area contributed by atoms with E-state index in [1.807, 2.05) is 5.38 Å². The van der Waals surface area contributed by atoms with Crippen LogP contribution in [0.1, 0.15) is 0 Å². The van der Waals surface area contributed by atoms with Gasteiger partial charge >= 0.3 is 6.36 Å². The number of aromatic nitrogens is 3. The molecule has 0 unspecified atom stereocenters. The van der Waals surface area contributed by atoms with E-state index in [4.69, 9.17) is 0 Å². The van der Waals surface area contributed by atoms with Crippen LogP contribution in [0.4, 0.5) is 13.2 Å². The van der Waals surface area contributed by atoms with Crippen molar-refractivity contribution in [1.29, 1.82) is 0 Å². The molecule has 0 aliphatic heterocycles. The Morgan fingerprint density at radius 3 is 2.57 bits per heavy atom. The number of alkyl halides is 3. The van der Waals surface area contributed by atoms with Crippen molar-refractivity contribution < 1.29 is 17.9 Å². The average molecular weight is 403 g/mol. The quantitative estimate of drug-likeness (QED) is 0.501. The number of benzene rings is 1. The van der Waals surface area contributed by atoms with Crippen LogP contribution in [0.15, 0.2) is 59.0 Å². The Balaban J connectivity index is 1.93. The predicted molar refractivity (Wildman–Crippen MR) is 100 cm³/mol. The van der Waals surface area contributed by atoms with E-state index >= 15 is 0 Å². The maximum atomic E-state index is 12.7. The first-order chi connectivity index (χ1) is 13.3. The fraction of sp³-hybridized carbons (Fsp3) is 0.105. The standard InChI is InChI=1S/C19H12F3N3O2S/c1-25-18(26)15-14(11-5-7-23-8-6-11)10-28-17(15)16(24-25)12-3-2-4-13(9-12)27-19(20,21)22/h2-10H,1H3. The van der Waals surface area contributed by atoms with Gasteiger partial charge in [-0.15, -0.1) is 24.5 Å². The molecule has 0 saturated carbocycles. The molecule has 0 amide bonds. The first kappa shape index (κ1) is 18.2. The summed E-state index contributed by atoms with van der Waals surface area (Å²) in [4.78, 5) is 16.7. The third-order valence-electron chi connectivity index (χ3n) is 4.10. The van der Waals surface area contributed by atoms with Gasteiger partial charge in [-0.25, -0.2) is 4.68 Å². The molecule has 28 heavy (non-hydrogen) atoms.